The molecule has 0 aliphatic rings. The van der Waals surface area contributed by atoms with Crippen molar-refractivity contribution < 1.29 is 13.9 Å². The summed E-state index contributed by atoms with van der Waals surface area (Å²) >= 11 is 0. The smallest absolute Gasteiger partial charge is 0.262 e. The molecule has 9 heteroatoms. The average molecular weight is 440 g/mol. The second kappa shape index (κ2) is 8.83. The van der Waals surface area contributed by atoms with E-state index in [0.29, 0.717) is 28.5 Å². The Labute approximate surface area is 187 Å². The Morgan fingerprint density at radius 1 is 0.939 bits per heavy atom. The Balaban J connectivity index is 1.35. The lowest BCUT2D eigenvalue weighted by molar-refractivity contribution is -0.118. The Morgan fingerprint density at radius 2 is 1.85 bits per heavy atom. The van der Waals surface area contributed by atoms with Crippen LogP contribution in [0, 0.1) is 5.82 Å². The molecule has 5 aromatic rings. The third kappa shape index (κ3) is 4.52. The summed E-state index contributed by atoms with van der Waals surface area (Å²) in [6.45, 7) is -0.244. The van der Waals surface area contributed by atoms with Gasteiger partial charge >= 0.3 is 0 Å². The fourth-order valence-electron chi connectivity index (χ4n) is 3.26. The summed E-state index contributed by atoms with van der Waals surface area (Å²) in [5.41, 5.74) is 3.30. The zero-order valence-corrected chi connectivity index (χ0v) is 17.2. The lowest BCUT2D eigenvalue weighted by Crippen LogP contribution is -2.20. The number of pyridine rings is 1. The number of nitrogens with one attached hydrogen (secondary N) is 1. The quantitative estimate of drug-likeness (QED) is 0.429. The molecule has 5 rings (SSSR count). The maximum Gasteiger partial charge on any atom is 0.262 e. The molecule has 3 heterocycles. The molecule has 0 unspecified atom stereocenters. The van der Waals surface area contributed by atoms with Gasteiger partial charge in [-0.2, -0.15) is 9.61 Å². The van der Waals surface area contributed by atoms with Gasteiger partial charge in [0.15, 0.2) is 12.3 Å². The fraction of sp³-hybridized carbons (Fsp3) is 0.0417. The number of carbonyl (C=O) groups excluding carboxylic acids is 1. The minimum atomic E-state index is -0.427. The van der Waals surface area contributed by atoms with Gasteiger partial charge in [0.25, 0.3) is 5.91 Å². The van der Waals surface area contributed by atoms with Gasteiger partial charge in [-0.1, -0.05) is 24.3 Å². The Morgan fingerprint density at radius 3 is 2.70 bits per heavy atom. The number of carbonyl (C=O) groups is 1. The molecule has 33 heavy (non-hydrogen) atoms. The predicted molar refractivity (Wildman–Crippen MR) is 120 cm³/mol. The van der Waals surface area contributed by atoms with Gasteiger partial charge in [-0.3, -0.25) is 9.78 Å². The first-order valence-corrected chi connectivity index (χ1v) is 10.1. The van der Waals surface area contributed by atoms with Gasteiger partial charge in [0.1, 0.15) is 17.3 Å². The van der Waals surface area contributed by atoms with Crippen molar-refractivity contribution in [1.82, 2.24) is 24.8 Å². The second-order valence-corrected chi connectivity index (χ2v) is 7.10. The average Bonchev–Trinajstić information content (AvgIpc) is 3.27. The van der Waals surface area contributed by atoms with Crippen molar-refractivity contribution in [2.75, 3.05) is 11.9 Å². The van der Waals surface area contributed by atoms with E-state index in [1.165, 1.54) is 18.2 Å². The van der Waals surface area contributed by atoms with Gasteiger partial charge in [-0.05, 0) is 48.5 Å². The number of hydrogen-bond donors (Lipinski definition) is 1. The number of halogens is 1. The van der Waals surface area contributed by atoms with Gasteiger partial charge in [0.05, 0.1) is 5.69 Å². The van der Waals surface area contributed by atoms with Crippen molar-refractivity contribution >= 4 is 17.2 Å². The molecule has 0 fully saturated rings. The molecule has 0 spiro atoms. The molecule has 0 atom stereocenters. The Hall–Kier alpha value is -4.66. The number of ether oxygens (including phenoxy) is 1. The van der Waals surface area contributed by atoms with Crippen LogP contribution >= 0.6 is 0 Å². The monoisotopic (exact) mass is 440 g/mol. The van der Waals surface area contributed by atoms with Crippen LogP contribution in [-0.4, -0.2) is 37.3 Å². The van der Waals surface area contributed by atoms with E-state index in [-0.39, 0.29) is 18.3 Å². The first kappa shape index (κ1) is 20.3. The topological polar surface area (TPSA) is 94.3 Å². The predicted octanol–water partition coefficient (Wildman–Crippen LogP) is 4.01. The van der Waals surface area contributed by atoms with Gasteiger partial charge in [-0.25, -0.2) is 4.39 Å². The largest absolute Gasteiger partial charge is 0.484 e. The molecule has 162 valence electrons. The highest BCUT2D eigenvalue weighted by molar-refractivity contribution is 5.92. The number of fused-ring (bicyclic) bond motifs is 1. The van der Waals surface area contributed by atoms with Crippen LogP contribution in [0.15, 0.2) is 85.1 Å². The van der Waals surface area contributed by atoms with E-state index in [2.05, 4.69) is 25.6 Å². The highest BCUT2D eigenvalue weighted by Crippen LogP contribution is 2.23. The molecule has 0 saturated heterocycles. The minimum Gasteiger partial charge on any atom is -0.484 e. The lowest BCUT2D eigenvalue weighted by atomic mass is 10.1. The highest BCUT2D eigenvalue weighted by Gasteiger charge is 2.12. The van der Waals surface area contributed by atoms with Crippen molar-refractivity contribution in [1.29, 1.82) is 0 Å². The maximum absolute atomic E-state index is 13.2. The van der Waals surface area contributed by atoms with E-state index in [9.17, 15) is 9.18 Å². The molecule has 1 amide bonds. The molecule has 3 aromatic heterocycles. The number of rotatable bonds is 6. The first-order valence-electron chi connectivity index (χ1n) is 10.1. The Bertz CT molecular complexity index is 1440. The van der Waals surface area contributed by atoms with Crippen LogP contribution in [0.4, 0.5) is 10.1 Å². The molecule has 1 N–H and O–H groups in total. The van der Waals surface area contributed by atoms with Crippen LogP contribution < -0.4 is 10.1 Å². The Kier molecular flexibility index (Phi) is 5.42. The van der Waals surface area contributed by atoms with Crippen molar-refractivity contribution in [2.24, 2.45) is 0 Å². The molecular formula is C24H17FN6O2. The van der Waals surface area contributed by atoms with E-state index < -0.39 is 5.82 Å². The van der Waals surface area contributed by atoms with Crippen molar-refractivity contribution in [3.63, 3.8) is 0 Å². The minimum absolute atomic E-state index is 0.244. The van der Waals surface area contributed by atoms with E-state index in [0.717, 1.165) is 5.56 Å². The third-order valence-corrected chi connectivity index (χ3v) is 4.76. The summed E-state index contributed by atoms with van der Waals surface area (Å²) in [7, 11) is 0. The van der Waals surface area contributed by atoms with E-state index in [1.54, 1.807) is 28.9 Å². The van der Waals surface area contributed by atoms with Gasteiger partial charge in [-0.15, -0.1) is 10.2 Å². The summed E-state index contributed by atoms with van der Waals surface area (Å²) in [6, 6.07) is 22.1. The molecule has 0 aliphatic carbocycles. The summed E-state index contributed by atoms with van der Waals surface area (Å²) < 4.78 is 20.2. The van der Waals surface area contributed by atoms with Gasteiger partial charge in [0, 0.05) is 23.5 Å². The normalized spacial score (nSPS) is 10.8. The molecule has 0 radical (unpaired) electrons. The molecule has 8 nitrogen and oxygen atoms in total. The van der Waals surface area contributed by atoms with E-state index in [4.69, 9.17) is 4.74 Å². The number of anilines is 1. The number of amides is 1. The molecule has 2 aromatic carbocycles. The second-order valence-electron chi connectivity index (χ2n) is 7.10. The first-order chi connectivity index (χ1) is 16.2. The zero-order valence-electron chi connectivity index (χ0n) is 17.2. The third-order valence-electron chi connectivity index (χ3n) is 4.76. The summed E-state index contributed by atoms with van der Waals surface area (Å²) in [5, 5.41) is 15.8. The van der Waals surface area contributed by atoms with E-state index in [1.807, 2.05) is 42.5 Å². The number of hydrogen-bond acceptors (Lipinski definition) is 6. The van der Waals surface area contributed by atoms with Crippen LogP contribution in [0.3, 0.4) is 0 Å². The van der Waals surface area contributed by atoms with Crippen molar-refractivity contribution in [3.8, 4) is 28.5 Å². The van der Waals surface area contributed by atoms with Crippen LogP contribution in [0.25, 0.3) is 28.4 Å². The van der Waals surface area contributed by atoms with Gasteiger partial charge < -0.3 is 10.1 Å². The maximum atomic E-state index is 13.2. The number of nitrogens with zero attached hydrogens (tertiary/aromatic N) is 5. The van der Waals surface area contributed by atoms with Crippen LogP contribution in [-0.2, 0) is 4.79 Å². The SMILES string of the molecule is O=C(COc1cccc(F)c1)Nc1cccc(-c2ccc3nnc(-c4ccccn4)n3n2)c1. The number of aromatic nitrogens is 5. The van der Waals surface area contributed by atoms with Crippen molar-refractivity contribution in [2.45, 2.75) is 0 Å². The molecular weight excluding hydrogens is 423 g/mol. The fourth-order valence-corrected chi connectivity index (χ4v) is 3.26. The van der Waals surface area contributed by atoms with E-state index >= 15 is 0 Å². The summed E-state index contributed by atoms with van der Waals surface area (Å²) in [6.07, 6.45) is 1.68. The summed E-state index contributed by atoms with van der Waals surface area (Å²) in [4.78, 5) is 16.6. The standard InChI is InChI=1S/C24H17FN6O2/c25-17-6-4-8-19(14-17)33-15-23(32)27-18-7-3-5-16(13-18)20-10-11-22-28-29-24(31(22)30-20)21-9-1-2-12-26-21/h1-14H,15H2,(H,27,32). The van der Waals surface area contributed by atoms with Crippen LogP contribution in [0.5, 0.6) is 5.75 Å². The lowest BCUT2D eigenvalue weighted by Gasteiger charge is -2.09. The number of benzene rings is 2. The van der Waals surface area contributed by atoms with Gasteiger partial charge in [0.2, 0.25) is 5.82 Å². The molecule has 0 aliphatic heterocycles. The van der Waals surface area contributed by atoms with Crippen LogP contribution in [0.2, 0.25) is 0 Å². The van der Waals surface area contributed by atoms with Crippen molar-refractivity contribution in [3.05, 3.63) is 90.9 Å². The van der Waals surface area contributed by atoms with Crippen LogP contribution in [0.1, 0.15) is 0 Å². The highest BCUT2D eigenvalue weighted by atomic mass is 19.1. The molecule has 0 saturated carbocycles. The summed E-state index contributed by atoms with van der Waals surface area (Å²) in [5.74, 6) is 0.0286. The molecule has 0 bridgehead atoms. The zero-order chi connectivity index (χ0) is 22.6.